The lowest BCUT2D eigenvalue weighted by Gasteiger charge is -2.16. The van der Waals surface area contributed by atoms with E-state index in [1.54, 1.807) is 11.3 Å². The average Bonchev–Trinajstić information content (AvgIpc) is 3.02. The van der Waals surface area contributed by atoms with Crippen molar-refractivity contribution in [3.63, 3.8) is 0 Å². The first-order chi connectivity index (χ1) is 13.1. The van der Waals surface area contributed by atoms with E-state index in [4.69, 9.17) is 21.3 Å². The van der Waals surface area contributed by atoms with Gasteiger partial charge in [0.1, 0.15) is 23.0 Å². The van der Waals surface area contributed by atoms with Gasteiger partial charge >= 0.3 is 0 Å². The maximum absolute atomic E-state index is 12.6. The summed E-state index contributed by atoms with van der Waals surface area (Å²) in [5.74, 6) is 1.50. The molecule has 0 bridgehead atoms. The van der Waals surface area contributed by atoms with Gasteiger partial charge in [0.2, 0.25) is 0 Å². The van der Waals surface area contributed by atoms with Crippen molar-refractivity contribution in [3.8, 4) is 5.75 Å². The molecule has 0 spiro atoms. The number of ether oxygens (including phenoxy) is 1. The van der Waals surface area contributed by atoms with Gasteiger partial charge in [-0.1, -0.05) is 11.6 Å². The quantitative estimate of drug-likeness (QED) is 0.675. The molecule has 4 rings (SSSR count). The predicted molar refractivity (Wildman–Crippen MR) is 110 cm³/mol. The van der Waals surface area contributed by atoms with Gasteiger partial charge in [0.25, 0.3) is 5.56 Å². The molecule has 27 heavy (non-hydrogen) atoms. The summed E-state index contributed by atoms with van der Waals surface area (Å²) in [6, 6.07) is 7.33. The first kappa shape index (κ1) is 18.5. The number of H-pyrrole nitrogens is 1. The number of thiophene rings is 1. The van der Waals surface area contributed by atoms with Gasteiger partial charge in [0, 0.05) is 16.4 Å². The second-order valence-electron chi connectivity index (χ2n) is 6.94. The molecule has 1 aliphatic carbocycles. The number of rotatable bonds is 6. The van der Waals surface area contributed by atoms with Crippen LogP contribution in [0.4, 0.5) is 0 Å². The highest BCUT2D eigenvalue weighted by Gasteiger charge is 2.19. The molecule has 0 aliphatic heterocycles. The van der Waals surface area contributed by atoms with Crippen molar-refractivity contribution in [1.82, 2.24) is 14.9 Å². The number of aryl methyl sites for hydroxylation is 2. The summed E-state index contributed by atoms with van der Waals surface area (Å²) in [5, 5.41) is 1.51. The maximum Gasteiger partial charge on any atom is 0.259 e. The largest absolute Gasteiger partial charge is 0.492 e. The number of fused-ring (bicyclic) bond motifs is 3. The Kier molecular flexibility index (Phi) is 5.48. The predicted octanol–water partition coefficient (Wildman–Crippen LogP) is 4.03. The van der Waals surface area contributed by atoms with Crippen LogP contribution in [-0.4, -0.2) is 35.1 Å². The van der Waals surface area contributed by atoms with Gasteiger partial charge < -0.3 is 9.72 Å². The van der Waals surface area contributed by atoms with Crippen LogP contribution in [-0.2, 0) is 19.4 Å². The zero-order valence-electron chi connectivity index (χ0n) is 15.3. The normalized spacial score (nSPS) is 13.9. The molecule has 0 saturated carbocycles. The van der Waals surface area contributed by atoms with Crippen molar-refractivity contribution < 1.29 is 4.74 Å². The molecule has 1 N–H and O–H groups in total. The van der Waals surface area contributed by atoms with Crippen LogP contribution in [0.25, 0.3) is 10.2 Å². The monoisotopic (exact) mass is 403 g/mol. The standard InChI is InChI=1S/C20H22ClN3O2S/c1-24(10-11-26-14-8-6-13(21)7-9-14)12-17-22-19(25)18-15-4-2-3-5-16(15)27-20(18)23-17/h6-9H,2-5,10-12H2,1H3,(H,22,23,25). The molecule has 2 heterocycles. The lowest BCUT2D eigenvalue weighted by Crippen LogP contribution is -2.26. The second kappa shape index (κ2) is 8.00. The smallest absolute Gasteiger partial charge is 0.259 e. The minimum atomic E-state index is 0.000198. The molecule has 3 aromatic rings. The number of halogens is 1. The summed E-state index contributed by atoms with van der Waals surface area (Å²) >= 11 is 7.56. The van der Waals surface area contributed by atoms with Gasteiger partial charge in [0.15, 0.2) is 0 Å². The average molecular weight is 404 g/mol. The van der Waals surface area contributed by atoms with Crippen molar-refractivity contribution in [3.05, 3.63) is 55.9 Å². The van der Waals surface area contributed by atoms with Gasteiger partial charge in [-0.3, -0.25) is 9.69 Å². The van der Waals surface area contributed by atoms with E-state index in [0.29, 0.717) is 24.0 Å². The number of likely N-dealkylation sites (N-methyl/N-ethyl adjacent to an activating group) is 1. The van der Waals surface area contributed by atoms with E-state index in [9.17, 15) is 4.79 Å². The van der Waals surface area contributed by atoms with Crippen LogP contribution in [0.3, 0.4) is 0 Å². The Morgan fingerprint density at radius 3 is 2.85 bits per heavy atom. The fourth-order valence-corrected chi connectivity index (χ4v) is 4.88. The molecule has 0 amide bonds. The van der Waals surface area contributed by atoms with Gasteiger partial charge in [0.05, 0.1) is 11.9 Å². The summed E-state index contributed by atoms with van der Waals surface area (Å²) in [7, 11) is 1.99. The number of nitrogens with zero attached hydrogens (tertiary/aromatic N) is 2. The minimum absolute atomic E-state index is 0.000198. The van der Waals surface area contributed by atoms with Crippen LogP contribution in [0.5, 0.6) is 5.75 Å². The molecule has 0 atom stereocenters. The number of hydrogen-bond donors (Lipinski definition) is 1. The maximum atomic E-state index is 12.6. The SMILES string of the molecule is CN(CCOc1ccc(Cl)cc1)Cc1nc2sc3c(c2c(=O)[nH]1)CCCC3. The third-order valence-electron chi connectivity index (χ3n) is 4.85. The van der Waals surface area contributed by atoms with Gasteiger partial charge in [-0.05, 0) is 62.6 Å². The van der Waals surface area contributed by atoms with E-state index in [0.717, 1.165) is 41.8 Å². The van der Waals surface area contributed by atoms with E-state index in [1.807, 2.05) is 31.3 Å². The van der Waals surface area contributed by atoms with Gasteiger partial charge in [-0.25, -0.2) is 4.98 Å². The Labute approximate surface area is 167 Å². The summed E-state index contributed by atoms with van der Waals surface area (Å²) in [6.07, 6.45) is 4.45. The lowest BCUT2D eigenvalue weighted by atomic mass is 9.97. The summed E-state index contributed by atoms with van der Waals surface area (Å²) in [5.41, 5.74) is 1.23. The Morgan fingerprint density at radius 2 is 2.04 bits per heavy atom. The molecular weight excluding hydrogens is 382 g/mol. The molecule has 142 valence electrons. The van der Waals surface area contributed by atoms with Crippen LogP contribution in [0, 0.1) is 0 Å². The van der Waals surface area contributed by atoms with Crippen molar-refractivity contribution in [2.75, 3.05) is 20.2 Å². The minimum Gasteiger partial charge on any atom is -0.492 e. The van der Waals surface area contributed by atoms with Crippen LogP contribution in [0.1, 0.15) is 29.1 Å². The molecule has 2 aromatic heterocycles. The topological polar surface area (TPSA) is 58.2 Å². The van der Waals surface area contributed by atoms with Crippen molar-refractivity contribution >= 4 is 33.2 Å². The Hall–Kier alpha value is -1.89. The van der Waals surface area contributed by atoms with Crippen LogP contribution < -0.4 is 10.3 Å². The van der Waals surface area contributed by atoms with Gasteiger partial charge in [-0.2, -0.15) is 0 Å². The number of nitrogens with one attached hydrogen (secondary N) is 1. The van der Waals surface area contributed by atoms with E-state index in [-0.39, 0.29) is 5.56 Å². The van der Waals surface area contributed by atoms with Crippen LogP contribution in [0.2, 0.25) is 5.02 Å². The summed E-state index contributed by atoms with van der Waals surface area (Å²) in [4.78, 5) is 24.6. The molecule has 0 saturated heterocycles. The molecular formula is C20H22ClN3O2S. The summed E-state index contributed by atoms with van der Waals surface area (Å²) in [6.45, 7) is 1.86. The van der Waals surface area contributed by atoms with Crippen molar-refractivity contribution in [2.45, 2.75) is 32.2 Å². The molecule has 7 heteroatoms. The third kappa shape index (κ3) is 4.18. The molecule has 5 nitrogen and oxygen atoms in total. The first-order valence-corrected chi connectivity index (χ1v) is 10.4. The molecule has 0 fully saturated rings. The highest BCUT2D eigenvalue weighted by Crippen LogP contribution is 2.33. The number of benzene rings is 1. The third-order valence-corrected chi connectivity index (χ3v) is 6.29. The lowest BCUT2D eigenvalue weighted by molar-refractivity contribution is 0.230. The Bertz CT molecular complexity index is 997. The number of hydrogen-bond acceptors (Lipinski definition) is 5. The van der Waals surface area contributed by atoms with E-state index in [1.165, 1.54) is 16.9 Å². The molecule has 0 radical (unpaired) electrons. The molecule has 1 aliphatic rings. The van der Waals surface area contributed by atoms with E-state index >= 15 is 0 Å². The zero-order chi connectivity index (χ0) is 18.8. The van der Waals surface area contributed by atoms with Gasteiger partial charge in [-0.15, -0.1) is 11.3 Å². The molecule has 1 aromatic carbocycles. The second-order valence-corrected chi connectivity index (χ2v) is 8.46. The van der Waals surface area contributed by atoms with E-state index in [2.05, 4.69) is 9.88 Å². The first-order valence-electron chi connectivity index (χ1n) is 9.20. The fourth-order valence-electron chi connectivity index (χ4n) is 3.47. The van der Waals surface area contributed by atoms with Crippen molar-refractivity contribution in [1.29, 1.82) is 0 Å². The van der Waals surface area contributed by atoms with E-state index < -0.39 is 0 Å². The fraction of sp³-hybridized carbons (Fsp3) is 0.400. The number of aromatic nitrogens is 2. The van der Waals surface area contributed by atoms with Crippen molar-refractivity contribution in [2.24, 2.45) is 0 Å². The zero-order valence-corrected chi connectivity index (χ0v) is 16.8. The molecule has 0 unspecified atom stereocenters. The summed E-state index contributed by atoms with van der Waals surface area (Å²) < 4.78 is 5.73. The highest BCUT2D eigenvalue weighted by atomic mass is 35.5. The van der Waals surface area contributed by atoms with Crippen LogP contribution in [0.15, 0.2) is 29.1 Å². The Morgan fingerprint density at radius 1 is 1.26 bits per heavy atom. The number of aromatic amines is 1. The van der Waals surface area contributed by atoms with Crippen LogP contribution >= 0.6 is 22.9 Å². The highest BCUT2D eigenvalue weighted by molar-refractivity contribution is 7.18. The Balaban J connectivity index is 1.40.